The van der Waals surface area contributed by atoms with Gasteiger partial charge in [0.25, 0.3) is 5.01 Å². The second-order valence-electron chi connectivity index (χ2n) is 9.40. The third-order valence-corrected chi connectivity index (χ3v) is 8.39. The van der Waals surface area contributed by atoms with Crippen molar-refractivity contribution < 1.29 is 14.4 Å². The van der Waals surface area contributed by atoms with Crippen LogP contribution in [0.4, 0.5) is 0 Å². The molecule has 2 heterocycles. The fourth-order valence-corrected chi connectivity index (χ4v) is 7.06. The Hall–Kier alpha value is -2.17. The van der Waals surface area contributed by atoms with Crippen LogP contribution in [0.25, 0.3) is 5.69 Å². The van der Waals surface area contributed by atoms with Crippen LogP contribution in [0.3, 0.4) is 0 Å². The van der Waals surface area contributed by atoms with E-state index in [9.17, 15) is 5.11 Å². The number of aliphatic hydroxyl groups is 1. The van der Waals surface area contributed by atoms with E-state index in [4.69, 9.17) is 4.74 Å². The molecule has 0 fully saturated rings. The number of aryl methyl sites for hydroxylation is 4. The zero-order valence-corrected chi connectivity index (χ0v) is 19.8. The normalized spacial score (nSPS) is 22.9. The lowest BCUT2D eigenvalue weighted by atomic mass is 9.80. The van der Waals surface area contributed by atoms with Crippen molar-refractivity contribution >= 4 is 11.3 Å². The number of para-hydroxylation sites is 1. The van der Waals surface area contributed by atoms with E-state index >= 15 is 0 Å². The largest absolute Gasteiger partial charge is 0.493 e. The predicted octanol–water partition coefficient (Wildman–Crippen LogP) is 5.48. The number of fused-ring (bicyclic) bond motifs is 2. The Labute approximate surface area is 189 Å². The topological polar surface area (TPSA) is 33.3 Å². The Morgan fingerprint density at radius 3 is 2.52 bits per heavy atom. The van der Waals surface area contributed by atoms with Crippen molar-refractivity contribution in [3.8, 4) is 11.4 Å². The summed E-state index contributed by atoms with van der Waals surface area (Å²) in [5, 5.41) is 13.5. The maximum atomic E-state index is 12.5. The van der Waals surface area contributed by atoms with Crippen LogP contribution in [0.15, 0.2) is 36.4 Å². The van der Waals surface area contributed by atoms with Gasteiger partial charge in [0.15, 0.2) is 5.60 Å². The van der Waals surface area contributed by atoms with Gasteiger partial charge >= 0.3 is 0 Å². The molecule has 2 aliphatic rings. The standard InChI is InChI=1S/C27H32NO2S/c1-17-14-18(2)25(19(3)15-17)28-22-11-6-5-7-13-24(22)31-26(28)27(29)20(4)16-30-23-12-9-8-10-21(23)27/h8-10,12,14-15,20,29H,5-7,11,13,16H2,1-4H3/q+1. The number of aromatic nitrogens is 1. The van der Waals surface area contributed by atoms with E-state index in [-0.39, 0.29) is 5.92 Å². The third-order valence-electron chi connectivity index (χ3n) is 7.02. The number of rotatable bonds is 2. The van der Waals surface area contributed by atoms with Crippen molar-refractivity contribution in [2.45, 2.75) is 65.4 Å². The van der Waals surface area contributed by atoms with Crippen LogP contribution in [0, 0.1) is 26.7 Å². The van der Waals surface area contributed by atoms with Gasteiger partial charge in [0.2, 0.25) is 11.4 Å². The summed E-state index contributed by atoms with van der Waals surface area (Å²) in [6.07, 6.45) is 5.89. The third kappa shape index (κ3) is 3.23. The van der Waals surface area contributed by atoms with Crippen LogP contribution in [0.2, 0.25) is 0 Å². The van der Waals surface area contributed by atoms with Gasteiger partial charge in [-0.1, -0.05) is 48.4 Å². The van der Waals surface area contributed by atoms with Crippen molar-refractivity contribution in [2.24, 2.45) is 5.92 Å². The van der Waals surface area contributed by atoms with Gasteiger partial charge < -0.3 is 9.84 Å². The lowest BCUT2D eigenvalue weighted by molar-refractivity contribution is -0.616. The van der Waals surface area contributed by atoms with E-state index in [0.717, 1.165) is 29.2 Å². The number of hydrogen-bond acceptors (Lipinski definition) is 3. The highest BCUT2D eigenvalue weighted by Gasteiger charge is 2.52. The first kappa shape index (κ1) is 20.7. The molecule has 0 spiro atoms. The van der Waals surface area contributed by atoms with E-state index < -0.39 is 5.60 Å². The SMILES string of the molecule is Cc1cc(C)c(-[n+]2c(C3(O)c4ccccc4OCC3C)sc3c2CCCCC3)c(C)c1. The lowest BCUT2D eigenvalue weighted by Crippen LogP contribution is -2.51. The molecule has 1 aliphatic heterocycles. The number of hydrogen-bond donors (Lipinski definition) is 1. The molecule has 3 aromatic rings. The average molecular weight is 435 g/mol. The molecule has 1 aromatic heterocycles. The summed E-state index contributed by atoms with van der Waals surface area (Å²) in [4.78, 5) is 1.44. The summed E-state index contributed by atoms with van der Waals surface area (Å²) in [6, 6.07) is 12.6. The van der Waals surface area contributed by atoms with E-state index in [1.54, 1.807) is 0 Å². The minimum atomic E-state index is -1.07. The van der Waals surface area contributed by atoms with Crippen molar-refractivity contribution in [1.82, 2.24) is 0 Å². The van der Waals surface area contributed by atoms with E-state index in [1.165, 1.54) is 52.2 Å². The molecule has 0 bridgehead atoms. The van der Waals surface area contributed by atoms with Gasteiger partial charge in [-0.25, -0.2) is 0 Å². The summed E-state index contributed by atoms with van der Waals surface area (Å²) in [7, 11) is 0. The second kappa shape index (κ2) is 7.75. The average Bonchev–Trinajstić information content (AvgIpc) is 2.93. The Bertz CT molecular complexity index is 1130. The number of ether oxygens (including phenoxy) is 1. The lowest BCUT2D eigenvalue weighted by Gasteiger charge is -2.36. The predicted molar refractivity (Wildman–Crippen MR) is 125 cm³/mol. The maximum absolute atomic E-state index is 12.5. The molecule has 2 aromatic carbocycles. The van der Waals surface area contributed by atoms with Crippen LogP contribution in [-0.2, 0) is 18.4 Å². The minimum absolute atomic E-state index is 0.0398. The van der Waals surface area contributed by atoms with Crippen molar-refractivity contribution in [3.05, 3.63) is 74.2 Å². The molecule has 5 rings (SSSR count). The first-order valence-corrected chi connectivity index (χ1v) is 12.3. The number of benzene rings is 2. The van der Waals surface area contributed by atoms with E-state index in [0.29, 0.717) is 6.61 Å². The maximum Gasteiger partial charge on any atom is 0.281 e. The number of thiazole rings is 1. The van der Waals surface area contributed by atoms with Crippen LogP contribution >= 0.6 is 11.3 Å². The zero-order chi connectivity index (χ0) is 21.8. The molecule has 0 amide bonds. The Kier molecular flexibility index (Phi) is 5.18. The Balaban J connectivity index is 1.84. The van der Waals surface area contributed by atoms with Gasteiger partial charge in [-0.15, -0.1) is 4.57 Å². The minimum Gasteiger partial charge on any atom is -0.493 e. The van der Waals surface area contributed by atoms with Crippen molar-refractivity contribution in [3.63, 3.8) is 0 Å². The molecule has 0 saturated heterocycles. The molecule has 2 atom stereocenters. The molecule has 2 unspecified atom stereocenters. The van der Waals surface area contributed by atoms with Crippen LogP contribution in [-0.4, -0.2) is 11.7 Å². The highest BCUT2D eigenvalue weighted by atomic mass is 32.1. The monoisotopic (exact) mass is 434 g/mol. The Morgan fingerprint density at radius 2 is 1.74 bits per heavy atom. The molecule has 1 aliphatic carbocycles. The fourth-order valence-electron chi connectivity index (χ4n) is 5.51. The molecule has 0 radical (unpaired) electrons. The second-order valence-corrected chi connectivity index (χ2v) is 10.5. The molecule has 3 nitrogen and oxygen atoms in total. The Morgan fingerprint density at radius 1 is 1.03 bits per heavy atom. The molecule has 1 N–H and O–H groups in total. The van der Waals surface area contributed by atoms with E-state index in [2.05, 4.69) is 44.4 Å². The number of nitrogens with zero attached hydrogens (tertiary/aromatic N) is 1. The van der Waals surface area contributed by atoms with Gasteiger partial charge in [-0.05, 0) is 58.2 Å². The van der Waals surface area contributed by atoms with Gasteiger partial charge in [-0.3, -0.25) is 0 Å². The first-order valence-electron chi connectivity index (χ1n) is 11.5. The fraction of sp³-hybridized carbons (Fsp3) is 0.444. The van der Waals surface area contributed by atoms with Crippen molar-refractivity contribution in [1.29, 1.82) is 0 Å². The van der Waals surface area contributed by atoms with Gasteiger partial charge in [0.05, 0.1) is 11.5 Å². The molecule has 0 saturated carbocycles. The molecule has 31 heavy (non-hydrogen) atoms. The summed E-state index contributed by atoms with van der Waals surface area (Å²) in [6.45, 7) is 9.20. The summed E-state index contributed by atoms with van der Waals surface area (Å²) >= 11 is 1.82. The molecular formula is C27H32NO2S+. The highest BCUT2D eigenvalue weighted by molar-refractivity contribution is 7.11. The summed E-state index contributed by atoms with van der Waals surface area (Å²) in [5.41, 5.74) is 6.28. The van der Waals surface area contributed by atoms with Gasteiger partial charge in [0, 0.05) is 29.0 Å². The first-order chi connectivity index (χ1) is 14.9. The van der Waals surface area contributed by atoms with Crippen LogP contribution < -0.4 is 9.30 Å². The molecular weight excluding hydrogens is 402 g/mol. The molecule has 4 heteroatoms. The van der Waals surface area contributed by atoms with E-state index in [1.807, 2.05) is 35.6 Å². The van der Waals surface area contributed by atoms with Gasteiger partial charge in [-0.2, -0.15) is 0 Å². The smallest absolute Gasteiger partial charge is 0.281 e. The van der Waals surface area contributed by atoms with Gasteiger partial charge in [0.1, 0.15) is 5.75 Å². The van der Waals surface area contributed by atoms with Crippen molar-refractivity contribution in [2.75, 3.05) is 6.61 Å². The van der Waals surface area contributed by atoms with Crippen LogP contribution in [0.1, 0.15) is 64.0 Å². The zero-order valence-electron chi connectivity index (χ0n) is 19.0. The quantitative estimate of drug-likeness (QED) is 0.428. The summed E-state index contributed by atoms with van der Waals surface area (Å²) in [5.74, 6) is 0.762. The van der Waals surface area contributed by atoms with Crippen LogP contribution in [0.5, 0.6) is 5.75 Å². The molecule has 162 valence electrons. The summed E-state index contributed by atoms with van der Waals surface area (Å²) < 4.78 is 8.46. The highest BCUT2D eigenvalue weighted by Crippen LogP contribution is 2.47.